The predicted molar refractivity (Wildman–Crippen MR) is 81.4 cm³/mol. The Morgan fingerprint density at radius 3 is 2.32 bits per heavy atom. The van der Waals surface area contributed by atoms with Gasteiger partial charge in [0.1, 0.15) is 0 Å². The van der Waals surface area contributed by atoms with E-state index >= 15 is 0 Å². The highest BCUT2D eigenvalue weighted by Gasteiger charge is 2.36. The Morgan fingerprint density at radius 2 is 1.63 bits per heavy atom. The normalized spacial score (nSPS) is 35.8. The van der Waals surface area contributed by atoms with E-state index in [9.17, 15) is 0 Å². The second-order valence-electron chi connectivity index (χ2n) is 7.11. The second kappa shape index (κ2) is 6.58. The third-order valence-corrected chi connectivity index (χ3v) is 5.98. The molecule has 0 spiro atoms. The average molecular weight is 264 g/mol. The largest absolute Gasteiger partial charge is 0.311 e. The summed E-state index contributed by atoms with van der Waals surface area (Å²) in [5.41, 5.74) is 0. The molecule has 1 N–H and O–H groups in total. The maximum atomic E-state index is 3.90. The zero-order valence-electron chi connectivity index (χ0n) is 12.7. The molecular formula is C17H32N2. The van der Waals surface area contributed by atoms with E-state index in [-0.39, 0.29) is 0 Å². The number of rotatable bonds is 3. The maximum Gasteiger partial charge on any atom is 0.0224 e. The van der Waals surface area contributed by atoms with Gasteiger partial charge in [0.2, 0.25) is 0 Å². The standard InChI is InChI=1S/C17H32N2/c1-2-15-12-18-17(14-8-4-3-5-9-14)13-19(15)16-10-6-7-11-16/h14-18H,2-13H2,1H3. The Hall–Kier alpha value is -0.0800. The Bertz CT molecular complexity index is 264. The average Bonchev–Trinajstić information content (AvgIpc) is 3.01. The van der Waals surface area contributed by atoms with Gasteiger partial charge in [0.25, 0.3) is 0 Å². The third-order valence-electron chi connectivity index (χ3n) is 5.98. The number of hydrogen-bond donors (Lipinski definition) is 1. The van der Waals surface area contributed by atoms with E-state index in [1.807, 2.05) is 0 Å². The fourth-order valence-electron chi connectivity index (χ4n) is 4.76. The van der Waals surface area contributed by atoms with Crippen molar-refractivity contribution < 1.29 is 0 Å². The molecule has 3 rings (SSSR count). The molecule has 0 bridgehead atoms. The minimum Gasteiger partial charge on any atom is -0.311 e. The Balaban J connectivity index is 1.62. The molecule has 2 heteroatoms. The van der Waals surface area contributed by atoms with E-state index < -0.39 is 0 Å². The molecule has 2 aliphatic carbocycles. The van der Waals surface area contributed by atoms with E-state index in [1.165, 1.54) is 77.3 Å². The van der Waals surface area contributed by atoms with Crippen molar-refractivity contribution in [3.05, 3.63) is 0 Å². The Kier molecular flexibility index (Phi) is 4.81. The van der Waals surface area contributed by atoms with Crippen LogP contribution in [0.4, 0.5) is 0 Å². The summed E-state index contributed by atoms with van der Waals surface area (Å²) in [6, 6.07) is 2.52. The molecule has 2 saturated carbocycles. The van der Waals surface area contributed by atoms with Gasteiger partial charge in [-0.15, -0.1) is 0 Å². The molecule has 110 valence electrons. The van der Waals surface area contributed by atoms with Crippen LogP contribution in [-0.4, -0.2) is 36.1 Å². The van der Waals surface area contributed by atoms with E-state index in [4.69, 9.17) is 0 Å². The summed E-state index contributed by atoms with van der Waals surface area (Å²) in [6.45, 7) is 4.96. The molecule has 2 atom stereocenters. The first-order chi connectivity index (χ1) is 9.38. The molecule has 0 radical (unpaired) electrons. The van der Waals surface area contributed by atoms with E-state index in [2.05, 4.69) is 17.1 Å². The van der Waals surface area contributed by atoms with Gasteiger partial charge in [-0.3, -0.25) is 4.90 Å². The molecular weight excluding hydrogens is 232 g/mol. The molecule has 0 aromatic rings. The molecule has 1 heterocycles. The lowest BCUT2D eigenvalue weighted by atomic mass is 9.82. The van der Waals surface area contributed by atoms with Gasteiger partial charge in [-0.2, -0.15) is 0 Å². The minimum atomic E-state index is 0.795. The summed E-state index contributed by atoms with van der Waals surface area (Å²) < 4.78 is 0. The summed E-state index contributed by atoms with van der Waals surface area (Å²) in [7, 11) is 0. The number of nitrogens with one attached hydrogen (secondary N) is 1. The molecule has 0 aromatic heterocycles. The Labute approximate surface area is 119 Å². The van der Waals surface area contributed by atoms with Gasteiger partial charge in [0.15, 0.2) is 0 Å². The van der Waals surface area contributed by atoms with Gasteiger partial charge >= 0.3 is 0 Å². The van der Waals surface area contributed by atoms with Gasteiger partial charge in [-0.25, -0.2) is 0 Å². The number of piperazine rings is 1. The summed E-state index contributed by atoms with van der Waals surface area (Å²) in [5.74, 6) is 0.968. The second-order valence-corrected chi connectivity index (χ2v) is 7.11. The first-order valence-corrected chi connectivity index (χ1v) is 8.87. The van der Waals surface area contributed by atoms with Gasteiger partial charge in [0, 0.05) is 31.2 Å². The lowest BCUT2D eigenvalue weighted by molar-refractivity contribution is 0.0578. The molecule has 3 aliphatic rings. The fourth-order valence-corrected chi connectivity index (χ4v) is 4.76. The minimum absolute atomic E-state index is 0.795. The van der Waals surface area contributed by atoms with Crippen LogP contribution in [0.5, 0.6) is 0 Å². The molecule has 2 unspecified atom stereocenters. The van der Waals surface area contributed by atoms with Crippen molar-refractivity contribution in [3.63, 3.8) is 0 Å². The van der Waals surface area contributed by atoms with Crippen molar-refractivity contribution >= 4 is 0 Å². The molecule has 0 amide bonds. The zero-order valence-corrected chi connectivity index (χ0v) is 12.7. The van der Waals surface area contributed by atoms with Gasteiger partial charge in [0.05, 0.1) is 0 Å². The van der Waals surface area contributed by atoms with Crippen molar-refractivity contribution in [1.29, 1.82) is 0 Å². The molecule has 1 aliphatic heterocycles. The lowest BCUT2D eigenvalue weighted by Crippen LogP contribution is -2.60. The van der Waals surface area contributed by atoms with Crippen LogP contribution in [0.15, 0.2) is 0 Å². The van der Waals surface area contributed by atoms with Crippen LogP contribution in [0.2, 0.25) is 0 Å². The SMILES string of the molecule is CCC1CNC(C2CCCCC2)CN1C1CCCC1. The van der Waals surface area contributed by atoms with Crippen LogP contribution >= 0.6 is 0 Å². The molecule has 2 nitrogen and oxygen atoms in total. The van der Waals surface area contributed by atoms with E-state index in [1.54, 1.807) is 0 Å². The zero-order chi connectivity index (χ0) is 13.1. The summed E-state index contributed by atoms with van der Waals surface area (Å²) in [4.78, 5) is 2.91. The molecule has 19 heavy (non-hydrogen) atoms. The Morgan fingerprint density at radius 1 is 0.947 bits per heavy atom. The van der Waals surface area contributed by atoms with Crippen LogP contribution in [-0.2, 0) is 0 Å². The van der Waals surface area contributed by atoms with Crippen molar-refractivity contribution in [3.8, 4) is 0 Å². The van der Waals surface area contributed by atoms with Gasteiger partial charge in [-0.1, -0.05) is 39.0 Å². The molecule has 0 aromatic carbocycles. The van der Waals surface area contributed by atoms with Crippen LogP contribution in [0, 0.1) is 5.92 Å². The van der Waals surface area contributed by atoms with Crippen molar-refractivity contribution in [2.75, 3.05) is 13.1 Å². The van der Waals surface area contributed by atoms with Crippen molar-refractivity contribution in [2.24, 2.45) is 5.92 Å². The first kappa shape index (κ1) is 13.9. The number of nitrogens with zero attached hydrogens (tertiary/aromatic N) is 1. The van der Waals surface area contributed by atoms with E-state index in [0.29, 0.717) is 0 Å². The van der Waals surface area contributed by atoms with Crippen LogP contribution < -0.4 is 5.32 Å². The number of hydrogen-bond acceptors (Lipinski definition) is 2. The van der Waals surface area contributed by atoms with Crippen LogP contribution in [0.3, 0.4) is 0 Å². The first-order valence-electron chi connectivity index (χ1n) is 8.87. The summed E-state index contributed by atoms with van der Waals surface area (Å²) >= 11 is 0. The monoisotopic (exact) mass is 264 g/mol. The highest BCUT2D eigenvalue weighted by atomic mass is 15.3. The molecule has 1 saturated heterocycles. The quantitative estimate of drug-likeness (QED) is 0.838. The molecule has 3 fully saturated rings. The fraction of sp³-hybridized carbons (Fsp3) is 1.00. The highest BCUT2D eigenvalue weighted by Crippen LogP contribution is 2.32. The van der Waals surface area contributed by atoms with Crippen molar-refractivity contribution in [2.45, 2.75) is 89.3 Å². The topological polar surface area (TPSA) is 15.3 Å². The van der Waals surface area contributed by atoms with Crippen molar-refractivity contribution in [1.82, 2.24) is 10.2 Å². The lowest BCUT2D eigenvalue weighted by Gasteiger charge is -2.46. The summed E-state index contributed by atoms with van der Waals surface area (Å²) in [6.07, 6.45) is 14.6. The maximum absolute atomic E-state index is 3.90. The summed E-state index contributed by atoms with van der Waals surface area (Å²) in [5, 5.41) is 3.90. The van der Waals surface area contributed by atoms with Crippen LogP contribution in [0.25, 0.3) is 0 Å². The third kappa shape index (κ3) is 3.16. The van der Waals surface area contributed by atoms with Gasteiger partial charge in [-0.05, 0) is 38.0 Å². The van der Waals surface area contributed by atoms with E-state index in [0.717, 1.165) is 24.0 Å². The van der Waals surface area contributed by atoms with Gasteiger partial charge < -0.3 is 5.32 Å². The van der Waals surface area contributed by atoms with Crippen LogP contribution in [0.1, 0.15) is 71.1 Å². The highest BCUT2D eigenvalue weighted by molar-refractivity contribution is 4.93. The smallest absolute Gasteiger partial charge is 0.0224 e. The predicted octanol–water partition coefficient (Wildman–Crippen LogP) is 3.56.